The number of nitrogens with zero attached hydrogens (tertiary/aromatic N) is 3. The molecule has 0 N–H and O–H groups in total. The molecule has 18 heavy (non-hydrogen) atoms. The highest BCUT2D eigenvalue weighted by Gasteiger charge is 2.16. The van der Waals surface area contributed by atoms with Crippen LogP contribution in [-0.4, -0.2) is 21.8 Å². The molecule has 92 valence electrons. The number of aliphatic imine (C=N–C) groups is 1. The van der Waals surface area contributed by atoms with Crippen LogP contribution >= 0.6 is 0 Å². The van der Waals surface area contributed by atoms with Crippen molar-refractivity contribution in [3.05, 3.63) is 47.4 Å². The smallest absolute Gasteiger partial charge is 0.146 e. The molecular formula is C15H17N3. The van der Waals surface area contributed by atoms with E-state index in [2.05, 4.69) is 46.6 Å². The molecule has 3 nitrogen and oxygen atoms in total. The zero-order valence-corrected chi connectivity index (χ0v) is 10.8. The van der Waals surface area contributed by atoms with Crippen molar-refractivity contribution >= 4 is 5.71 Å². The molecule has 0 saturated carbocycles. The van der Waals surface area contributed by atoms with Gasteiger partial charge in [-0.05, 0) is 51.0 Å². The zero-order valence-electron chi connectivity index (χ0n) is 10.8. The minimum Gasteiger partial charge on any atom is -0.303 e. The van der Waals surface area contributed by atoms with Crippen LogP contribution < -0.4 is 0 Å². The zero-order chi connectivity index (χ0) is 12.5. The molecule has 0 aromatic carbocycles. The van der Waals surface area contributed by atoms with E-state index >= 15 is 0 Å². The minimum atomic E-state index is 0.952. The van der Waals surface area contributed by atoms with E-state index in [4.69, 9.17) is 0 Å². The SMILES string of the molecule is Cc1ccc(C)n1-c1ncccc1C1=NCCC1. The van der Waals surface area contributed by atoms with E-state index in [0.29, 0.717) is 0 Å². The van der Waals surface area contributed by atoms with Gasteiger partial charge in [0.1, 0.15) is 5.82 Å². The fourth-order valence-electron chi connectivity index (χ4n) is 2.56. The lowest BCUT2D eigenvalue weighted by atomic mass is 10.1. The molecule has 1 aliphatic heterocycles. The molecule has 2 aromatic heterocycles. The Bertz CT molecular complexity index is 588. The van der Waals surface area contributed by atoms with Crippen LogP contribution in [0, 0.1) is 13.8 Å². The molecule has 0 aliphatic carbocycles. The molecule has 3 heteroatoms. The van der Waals surface area contributed by atoms with E-state index in [-0.39, 0.29) is 0 Å². The van der Waals surface area contributed by atoms with E-state index in [1.54, 1.807) is 0 Å². The van der Waals surface area contributed by atoms with Crippen LogP contribution in [0.15, 0.2) is 35.5 Å². The lowest BCUT2D eigenvalue weighted by Gasteiger charge is -2.13. The van der Waals surface area contributed by atoms with Crippen molar-refractivity contribution in [2.75, 3.05) is 6.54 Å². The van der Waals surface area contributed by atoms with Crippen LogP contribution in [0.5, 0.6) is 0 Å². The van der Waals surface area contributed by atoms with Gasteiger partial charge in [0.05, 0.1) is 0 Å². The summed E-state index contributed by atoms with van der Waals surface area (Å²) in [5, 5.41) is 0. The third-order valence-electron chi connectivity index (χ3n) is 3.45. The summed E-state index contributed by atoms with van der Waals surface area (Å²) in [4.78, 5) is 9.17. The van der Waals surface area contributed by atoms with Crippen molar-refractivity contribution in [1.82, 2.24) is 9.55 Å². The normalized spacial score (nSPS) is 14.9. The molecule has 0 amide bonds. The first-order valence-corrected chi connectivity index (χ1v) is 6.41. The van der Waals surface area contributed by atoms with Gasteiger partial charge in [-0.1, -0.05) is 0 Å². The quantitative estimate of drug-likeness (QED) is 0.792. The van der Waals surface area contributed by atoms with Gasteiger partial charge in [-0.3, -0.25) is 4.99 Å². The summed E-state index contributed by atoms with van der Waals surface area (Å²) >= 11 is 0. The third kappa shape index (κ3) is 1.76. The van der Waals surface area contributed by atoms with Gasteiger partial charge in [0.25, 0.3) is 0 Å². The van der Waals surface area contributed by atoms with Crippen LogP contribution in [0.3, 0.4) is 0 Å². The fourth-order valence-corrected chi connectivity index (χ4v) is 2.56. The van der Waals surface area contributed by atoms with E-state index in [0.717, 1.165) is 25.2 Å². The van der Waals surface area contributed by atoms with Crippen molar-refractivity contribution in [1.29, 1.82) is 0 Å². The molecule has 1 aliphatic rings. The Morgan fingerprint density at radius 2 is 1.89 bits per heavy atom. The van der Waals surface area contributed by atoms with Crippen molar-refractivity contribution in [2.45, 2.75) is 26.7 Å². The van der Waals surface area contributed by atoms with E-state index in [9.17, 15) is 0 Å². The first-order valence-electron chi connectivity index (χ1n) is 6.41. The first-order chi connectivity index (χ1) is 8.77. The van der Waals surface area contributed by atoms with Gasteiger partial charge >= 0.3 is 0 Å². The molecular weight excluding hydrogens is 222 g/mol. The number of aromatic nitrogens is 2. The monoisotopic (exact) mass is 239 g/mol. The highest BCUT2D eigenvalue weighted by Crippen LogP contribution is 2.22. The Morgan fingerprint density at radius 1 is 1.11 bits per heavy atom. The van der Waals surface area contributed by atoms with Crippen molar-refractivity contribution in [3.63, 3.8) is 0 Å². The maximum Gasteiger partial charge on any atom is 0.146 e. The molecule has 0 atom stereocenters. The second kappa shape index (κ2) is 4.41. The Balaban J connectivity index is 2.18. The van der Waals surface area contributed by atoms with Gasteiger partial charge in [0.2, 0.25) is 0 Å². The van der Waals surface area contributed by atoms with E-state index in [1.807, 2.05) is 12.3 Å². The number of hydrogen-bond acceptors (Lipinski definition) is 2. The van der Waals surface area contributed by atoms with Gasteiger partial charge in [0.15, 0.2) is 0 Å². The van der Waals surface area contributed by atoms with Crippen LogP contribution in [0.1, 0.15) is 29.8 Å². The second-order valence-electron chi connectivity index (χ2n) is 4.76. The third-order valence-corrected chi connectivity index (χ3v) is 3.45. The molecule has 0 radical (unpaired) electrons. The van der Waals surface area contributed by atoms with E-state index < -0.39 is 0 Å². The molecule has 0 saturated heterocycles. The van der Waals surface area contributed by atoms with Crippen molar-refractivity contribution < 1.29 is 0 Å². The summed E-state index contributed by atoms with van der Waals surface area (Å²) in [5.74, 6) is 1.01. The molecule has 0 spiro atoms. The first kappa shape index (κ1) is 11.2. The summed E-state index contributed by atoms with van der Waals surface area (Å²) in [7, 11) is 0. The van der Waals surface area contributed by atoms with Crippen LogP contribution in [-0.2, 0) is 0 Å². The number of pyridine rings is 1. The predicted molar refractivity (Wildman–Crippen MR) is 73.7 cm³/mol. The topological polar surface area (TPSA) is 30.2 Å². The Morgan fingerprint density at radius 3 is 2.56 bits per heavy atom. The molecule has 3 rings (SSSR count). The molecule has 2 aromatic rings. The maximum atomic E-state index is 4.60. The maximum absolute atomic E-state index is 4.60. The predicted octanol–water partition coefficient (Wildman–Crippen LogP) is 3.07. The molecule has 0 bridgehead atoms. The van der Waals surface area contributed by atoms with Crippen LogP contribution in [0.25, 0.3) is 5.82 Å². The average molecular weight is 239 g/mol. The van der Waals surface area contributed by atoms with Gasteiger partial charge in [0, 0.05) is 35.4 Å². The highest BCUT2D eigenvalue weighted by molar-refractivity contribution is 6.03. The van der Waals surface area contributed by atoms with Gasteiger partial charge < -0.3 is 4.57 Å². The number of aryl methyl sites for hydroxylation is 2. The molecule has 0 unspecified atom stereocenters. The summed E-state index contributed by atoms with van der Waals surface area (Å²) in [6, 6.07) is 8.38. The fraction of sp³-hybridized carbons (Fsp3) is 0.333. The van der Waals surface area contributed by atoms with Gasteiger partial charge in [-0.15, -0.1) is 0 Å². The van der Waals surface area contributed by atoms with Crippen LogP contribution in [0.4, 0.5) is 0 Å². The van der Waals surface area contributed by atoms with Crippen LogP contribution in [0.2, 0.25) is 0 Å². The van der Waals surface area contributed by atoms with Crippen molar-refractivity contribution in [3.8, 4) is 5.82 Å². The highest BCUT2D eigenvalue weighted by atomic mass is 15.1. The minimum absolute atomic E-state index is 0.952. The summed E-state index contributed by atoms with van der Waals surface area (Å²) in [6.45, 7) is 5.18. The van der Waals surface area contributed by atoms with Gasteiger partial charge in [-0.25, -0.2) is 4.98 Å². The molecule has 3 heterocycles. The lowest BCUT2D eigenvalue weighted by molar-refractivity contribution is 0.917. The Hall–Kier alpha value is -1.90. The summed E-state index contributed by atoms with van der Waals surface area (Å²) in [5.41, 5.74) is 4.81. The Labute approximate surface area is 107 Å². The average Bonchev–Trinajstić information content (AvgIpc) is 3.00. The number of rotatable bonds is 2. The Kier molecular flexibility index (Phi) is 2.74. The standard InChI is InChI=1S/C15H17N3/c1-11-7-8-12(2)18(11)15-13(5-3-10-17-15)14-6-4-9-16-14/h3,5,7-8,10H,4,6,9H2,1-2H3. The molecule has 0 fully saturated rings. The lowest BCUT2D eigenvalue weighted by Crippen LogP contribution is -2.09. The summed E-state index contributed by atoms with van der Waals surface area (Å²) < 4.78 is 2.20. The van der Waals surface area contributed by atoms with Gasteiger partial charge in [-0.2, -0.15) is 0 Å². The second-order valence-corrected chi connectivity index (χ2v) is 4.76. The van der Waals surface area contributed by atoms with E-state index in [1.165, 1.54) is 22.7 Å². The summed E-state index contributed by atoms with van der Waals surface area (Å²) in [6.07, 6.45) is 4.08. The van der Waals surface area contributed by atoms with Crippen molar-refractivity contribution in [2.24, 2.45) is 4.99 Å². The number of hydrogen-bond donors (Lipinski definition) is 0. The largest absolute Gasteiger partial charge is 0.303 e.